The fraction of sp³-hybridized carbons (Fsp3) is 0.750. The van der Waals surface area contributed by atoms with E-state index in [4.69, 9.17) is 42.1 Å². The highest BCUT2D eigenvalue weighted by molar-refractivity contribution is 7.86. The standard InChI is InChI=1S/C24H42O11S/c1-22-4-6-24(7-5-22)36(25,26)35-23(20-33-18-16-31-14-12-29-10-8-27-2)21-34-19-17-32-15-13-30-11-9-28-3/h4-7,23H,8-21H2,1-3H3. The monoisotopic (exact) mass is 538 g/mol. The van der Waals surface area contributed by atoms with Gasteiger partial charge in [-0.2, -0.15) is 8.42 Å². The van der Waals surface area contributed by atoms with Crippen LogP contribution in [0.4, 0.5) is 0 Å². The molecule has 0 radical (unpaired) electrons. The number of rotatable bonds is 25. The quantitative estimate of drug-likeness (QED) is 0.133. The summed E-state index contributed by atoms with van der Waals surface area (Å²) in [6.45, 7) is 7.01. The molecule has 210 valence electrons. The van der Waals surface area contributed by atoms with E-state index >= 15 is 0 Å². The lowest BCUT2D eigenvalue weighted by molar-refractivity contribution is -0.0392. The maximum absolute atomic E-state index is 12.7. The zero-order valence-corrected chi connectivity index (χ0v) is 22.5. The highest BCUT2D eigenvalue weighted by Crippen LogP contribution is 2.15. The summed E-state index contributed by atoms with van der Waals surface area (Å²) in [6, 6.07) is 6.44. The molecular formula is C24H42O11S. The van der Waals surface area contributed by atoms with Crippen LogP contribution < -0.4 is 0 Å². The molecule has 1 rings (SSSR count). The molecule has 0 bridgehead atoms. The van der Waals surface area contributed by atoms with Gasteiger partial charge >= 0.3 is 0 Å². The van der Waals surface area contributed by atoms with E-state index in [1.165, 1.54) is 12.1 Å². The van der Waals surface area contributed by atoms with Crippen molar-refractivity contribution in [2.45, 2.75) is 17.9 Å². The summed E-state index contributed by atoms with van der Waals surface area (Å²) < 4.78 is 73.2. The lowest BCUT2D eigenvalue weighted by Gasteiger charge is -2.18. The molecule has 0 heterocycles. The van der Waals surface area contributed by atoms with Crippen molar-refractivity contribution in [1.82, 2.24) is 0 Å². The first-order chi connectivity index (χ1) is 17.5. The zero-order valence-electron chi connectivity index (χ0n) is 21.7. The Hall–Kier alpha value is -1.19. The van der Waals surface area contributed by atoms with Gasteiger partial charge in [-0.1, -0.05) is 17.7 Å². The second-order valence-electron chi connectivity index (χ2n) is 7.57. The number of aryl methyl sites for hydroxylation is 1. The molecular weight excluding hydrogens is 496 g/mol. The van der Waals surface area contributed by atoms with E-state index in [0.29, 0.717) is 66.1 Å². The number of hydrogen-bond donors (Lipinski definition) is 0. The Morgan fingerprint density at radius 1 is 0.583 bits per heavy atom. The Kier molecular flexibility index (Phi) is 19.9. The van der Waals surface area contributed by atoms with Crippen LogP contribution in [0.25, 0.3) is 0 Å². The minimum atomic E-state index is -3.98. The first-order valence-corrected chi connectivity index (χ1v) is 13.3. The zero-order chi connectivity index (χ0) is 26.3. The van der Waals surface area contributed by atoms with Crippen LogP contribution in [-0.4, -0.2) is 121 Å². The molecule has 0 aliphatic rings. The Morgan fingerprint density at radius 3 is 1.33 bits per heavy atom. The first-order valence-electron chi connectivity index (χ1n) is 11.9. The van der Waals surface area contributed by atoms with Crippen LogP contribution >= 0.6 is 0 Å². The number of benzene rings is 1. The topological polar surface area (TPSA) is 117 Å². The van der Waals surface area contributed by atoms with Gasteiger partial charge in [0.05, 0.1) is 97.4 Å². The summed E-state index contributed by atoms with van der Waals surface area (Å²) in [4.78, 5) is 0.0757. The molecule has 0 N–H and O–H groups in total. The van der Waals surface area contributed by atoms with Crippen molar-refractivity contribution in [2.24, 2.45) is 0 Å². The molecule has 0 saturated heterocycles. The van der Waals surface area contributed by atoms with E-state index in [2.05, 4.69) is 0 Å². The third kappa shape index (κ3) is 17.3. The molecule has 11 nitrogen and oxygen atoms in total. The molecule has 1 aromatic carbocycles. The van der Waals surface area contributed by atoms with Crippen molar-refractivity contribution in [1.29, 1.82) is 0 Å². The highest BCUT2D eigenvalue weighted by atomic mass is 32.2. The van der Waals surface area contributed by atoms with E-state index in [1.807, 2.05) is 6.92 Å². The Morgan fingerprint density at radius 2 is 0.944 bits per heavy atom. The normalized spacial score (nSPS) is 12.0. The van der Waals surface area contributed by atoms with Crippen LogP contribution in [0.15, 0.2) is 29.2 Å². The van der Waals surface area contributed by atoms with E-state index < -0.39 is 16.2 Å². The average Bonchev–Trinajstić information content (AvgIpc) is 2.86. The fourth-order valence-electron chi connectivity index (χ4n) is 2.64. The summed E-state index contributed by atoms with van der Waals surface area (Å²) in [5, 5.41) is 0. The SMILES string of the molecule is COCCOCCOCCOCC(COCCOCCOCCOC)OS(=O)(=O)c1ccc(C)cc1. The van der Waals surface area contributed by atoms with Gasteiger partial charge in [-0.15, -0.1) is 0 Å². The van der Waals surface area contributed by atoms with Crippen LogP contribution in [0.2, 0.25) is 0 Å². The molecule has 0 amide bonds. The molecule has 0 spiro atoms. The van der Waals surface area contributed by atoms with Crippen LogP contribution in [0.3, 0.4) is 0 Å². The van der Waals surface area contributed by atoms with Crippen molar-refractivity contribution < 1.29 is 50.5 Å². The Bertz CT molecular complexity index is 704. The predicted molar refractivity (Wildman–Crippen MR) is 132 cm³/mol. The molecule has 0 atom stereocenters. The Balaban J connectivity index is 2.36. The van der Waals surface area contributed by atoms with E-state index in [9.17, 15) is 8.42 Å². The predicted octanol–water partition coefficient (Wildman–Crippen LogP) is 1.46. The van der Waals surface area contributed by atoms with Gasteiger partial charge in [0.1, 0.15) is 6.10 Å². The summed E-state index contributed by atoms with van der Waals surface area (Å²) in [7, 11) is -0.752. The molecule has 0 aromatic heterocycles. The summed E-state index contributed by atoms with van der Waals surface area (Å²) in [6.07, 6.45) is -0.828. The summed E-state index contributed by atoms with van der Waals surface area (Å²) in [5.41, 5.74) is 0.949. The molecule has 0 aliphatic carbocycles. The van der Waals surface area contributed by atoms with Gasteiger partial charge in [-0.05, 0) is 19.1 Å². The van der Waals surface area contributed by atoms with Crippen LogP contribution in [0, 0.1) is 6.92 Å². The second-order valence-corrected chi connectivity index (χ2v) is 9.14. The van der Waals surface area contributed by atoms with Crippen molar-refractivity contribution >= 4 is 10.1 Å². The smallest absolute Gasteiger partial charge is 0.297 e. The molecule has 0 aliphatic heterocycles. The molecule has 12 heteroatoms. The first kappa shape index (κ1) is 32.8. The van der Waals surface area contributed by atoms with Gasteiger partial charge in [-0.25, -0.2) is 0 Å². The van der Waals surface area contributed by atoms with Gasteiger partial charge in [0.2, 0.25) is 0 Å². The highest BCUT2D eigenvalue weighted by Gasteiger charge is 2.22. The average molecular weight is 539 g/mol. The third-order valence-corrected chi connectivity index (χ3v) is 5.91. The second kappa shape index (κ2) is 21.9. The minimum Gasteiger partial charge on any atom is -0.382 e. The maximum Gasteiger partial charge on any atom is 0.297 e. The molecule has 0 saturated carbocycles. The van der Waals surface area contributed by atoms with Crippen LogP contribution in [0.1, 0.15) is 5.56 Å². The molecule has 1 aromatic rings. The van der Waals surface area contributed by atoms with Gasteiger partial charge in [0.15, 0.2) is 0 Å². The third-order valence-electron chi connectivity index (χ3n) is 4.53. The number of ether oxygens (including phenoxy) is 8. The van der Waals surface area contributed by atoms with Gasteiger partial charge in [-0.3, -0.25) is 4.18 Å². The Labute approximate surface area is 215 Å². The van der Waals surface area contributed by atoms with Crippen LogP contribution in [0.5, 0.6) is 0 Å². The summed E-state index contributed by atoms with van der Waals surface area (Å²) >= 11 is 0. The molecule has 0 fully saturated rings. The van der Waals surface area contributed by atoms with E-state index in [0.717, 1.165) is 5.56 Å². The van der Waals surface area contributed by atoms with Gasteiger partial charge < -0.3 is 37.9 Å². The lowest BCUT2D eigenvalue weighted by Crippen LogP contribution is -2.30. The van der Waals surface area contributed by atoms with Gasteiger partial charge in [0.25, 0.3) is 10.1 Å². The lowest BCUT2D eigenvalue weighted by atomic mass is 10.2. The van der Waals surface area contributed by atoms with Crippen molar-refractivity contribution in [3.05, 3.63) is 29.8 Å². The van der Waals surface area contributed by atoms with Crippen molar-refractivity contribution in [3.63, 3.8) is 0 Å². The summed E-state index contributed by atoms with van der Waals surface area (Å²) in [5.74, 6) is 0. The molecule has 36 heavy (non-hydrogen) atoms. The van der Waals surface area contributed by atoms with Crippen molar-refractivity contribution in [3.8, 4) is 0 Å². The minimum absolute atomic E-state index is 0.0208. The fourth-order valence-corrected chi connectivity index (χ4v) is 3.69. The van der Waals surface area contributed by atoms with Crippen LogP contribution in [-0.2, 0) is 52.2 Å². The van der Waals surface area contributed by atoms with E-state index in [-0.39, 0.29) is 31.3 Å². The number of methoxy groups -OCH3 is 2. The van der Waals surface area contributed by atoms with Gasteiger partial charge in [0, 0.05) is 14.2 Å². The van der Waals surface area contributed by atoms with E-state index in [1.54, 1.807) is 26.4 Å². The largest absolute Gasteiger partial charge is 0.382 e. The molecule has 0 unspecified atom stereocenters. The maximum atomic E-state index is 12.7. The number of hydrogen-bond acceptors (Lipinski definition) is 11. The van der Waals surface area contributed by atoms with Crippen molar-refractivity contribution in [2.75, 3.05) is 107 Å².